The molecule has 1 aromatic heterocycles. The zero-order valence-corrected chi connectivity index (χ0v) is 10.2. The monoisotopic (exact) mass is 241 g/mol. The highest BCUT2D eigenvalue weighted by atomic mass is 32.2. The fourth-order valence-electron chi connectivity index (χ4n) is 1.46. The maximum Gasteiger partial charge on any atom is 0.219 e. The van der Waals surface area contributed by atoms with Gasteiger partial charge in [-0.2, -0.15) is 4.98 Å². The van der Waals surface area contributed by atoms with Crippen LogP contribution in [0.1, 0.15) is 6.42 Å². The van der Waals surface area contributed by atoms with Gasteiger partial charge in [0, 0.05) is 19.5 Å². The summed E-state index contributed by atoms with van der Waals surface area (Å²) >= 11 is 1.50. The lowest BCUT2D eigenvalue weighted by Gasteiger charge is -2.12. The molecule has 1 fully saturated rings. The highest BCUT2D eigenvalue weighted by Gasteiger charge is 2.18. The molecule has 1 unspecified atom stereocenters. The lowest BCUT2D eigenvalue weighted by Crippen LogP contribution is -2.16. The van der Waals surface area contributed by atoms with Gasteiger partial charge in [-0.25, -0.2) is 4.98 Å². The van der Waals surface area contributed by atoms with E-state index in [0.29, 0.717) is 17.6 Å². The third kappa shape index (κ3) is 2.76. The molecule has 1 saturated heterocycles. The van der Waals surface area contributed by atoms with Gasteiger partial charge in [-0.15, -0.1) is 0 Å². The van der Waals surface area contributed by atoms with Crippen LogP contribution in [-0.2, 0) is 4.74 Å². The Morgan fingerprint density at radius 1 is 1.56 bits per heavy atom. The number of ether oxygens (including phenoxy) is 2. The van der Waals surface area contributed by atoms with Crippen LogP contribution in [-0.4, -0.2) is 42.6 Å². The summed E-state index contributed by atoms with van der Waals surface area (Å²) in [7, 11) is 1.83. The Bertz CT molecular complexity index is 334. The van der Waals surface area contributed by atoms with E-state index in [2.05, 4.69) is 15.3 Å². The minimum Gasteiger partial charge on any atom is -0.472 e. The average molecular weight is 241 g/mol. The van der Waals surface area contributed by atoms with Crippen molar-refractivity contribution >= 4 is 17.6 Å². The van der Waals surface area contributed by atoms with Crippen molar-refractivity contribution in [2.45, 2.75) is 17.7 Å². The number of nitrogens with zero attached hydrogens (tertiary/aromatic N) is 2. The van der Waals surface area contributed by atoms with Gasteiger partial charge < -0.3 is 14.8 Å². The van der Waals surface area contributed by atoms with E-state index < -0.39 is 0 Å². The van der Waals surface area contributed by atoms with Crippen molar-refractivity contribution in [3.05, 3.63) is 6.07 Å². The largest absolute Gasteiger partial charge is 0.472 e. The van der Waals surface area contributed by atoms with Crippen LogP contribution in [0.5, 0.6) is 5.88 Å². The summed E-state index contributed by atoms with van der Waals surface area (Å²) in [6.45, 7) is 1.41. The molecule has 0 bridgehead atoms. The van der Waals surface area contributed by atoms with E-state index in [1.165, 1.54) is 11.8 Å². The van der Waals surface area contributed by atoms with Crippen molar-refractivity contribution in [2.75, 3.05) is 31.8 Å². The maximum absolute atomic E-state index is 5.73. The Balaban J connectivity index is 2.12. The normalized spacial score (nSPS) is 19.8. The van der Waals surface area contributed by atoms with Crippen molar-refractivity contribution in [1.82, 2.24) is 9.97 Å². The molecule has 1 N–H and O–H groups in total. The smallest absolute Gasteiger partial charge is 0.219 e. The number of aromatic nitrogens is 2. The van der Waals surface area contributed by atoms with E-state index >= 15 is 0 Å². The molecular formula is C10H15N3O2S. The van der Waals surface area contributed by atoms with Gasteiger partial charge in [0.15, 0.2) is 5.16 Å². The van der Waals surface area contributed by atoms with Gasteiger partial charge in [0.05, 0.1) is 13.2 Å². The van der Waals surface area contributed by atoms with Crippen molar-refractivity contribution in [2.24, 2.45) is 0 Å². The standard InChI is InChI=1S/C10H15N3O2S/c1-11-8-5-9(13-10(12-8)16-2)15-7-3-4-14-6-7/h5,7H,3-4,6H2,1-2H3,(H,11,12,13). The van der Waals surface area contributed by atoms with Gasteiger partial charge in [0.1, 0.15) is 11.9 Å². The fourth-order valence-corrected chi connectivity index (χ4v) is 1.83. The summed E-state index contributed by atoms with van der Waals surface area (Å²) in [5, 5.41) is 3.70. The molecule has 16 heavy (non-hydrogen) atoms. The van der Waals surface area contributed by atoms with E-state index in [-0.39, 0.29) is 6.10 Å². The van der Waals surface area contributed by atoms with Gasteiger partial charge in [-0.3, -0.25) is 0 Å². The second-order valence-corrected chi connectivity index (χ2v) is 4.20. The summed E-state index contributed by atoms with van der Waals surface area (Å²) in [5.74, 6) is 1.38. The van der Waals surface area contributed by atoms with E-state index in [0.717, 1.165) is 18.8 Å². The van der Waals surface area contributed by atoms with Crippen LogP contribution in [0.4, 0.5) is 5.82 Å². The molecule has 88 valence electrons. The molecule has 1 atom stereocenters. The fraction of sp³-hybridized carbons (Fsp3) is 0.600. The van der Waals surface area contributed by atoms with E-state index in [1.807, 2.05) is 13.3 Å². The zero-order valence-electron chi connectivity index (χ0n) is 9.40. The first-order chi connectivity index (χ1) is 7.81. The highest BCUT2D eigenvalue weighted by molar-refractivity contribution is 7.98. The SMILES string of the molecule is CNc1cc(OC2CCOC2)nc(SC)n1. The average Bonchev–Trinajstić information content (AvgIpc) is 2.81. The van der Waals surface area contributed by atoms with Crippen LogP contribution in [0.15, 0.2) is 11.2 Å². The van der Waals surface area contributed by atoms with Gasteiger partial charge >= 0.3 is 0 Å². The number of thioether (sulfide) groups is 1. The summed E-state index contributed by atoms with van der Waals surface area (Å²) < 4.78 is 11.0. The molecule has 0 aliphatic carbocycles. The molecule has 6 heteroatoms. The number of hydrogen-bond acceptors (Lipinski definition) is 6. The molecule has 0 radical (unpaired) electrons. The third-order valence-electron chi connectivity index (χ3n) is 2.30. The molecule has 0 spiro atoms. The van der Waals surface area contributed by atoms with Crippen LogP contribution in [0.2, 0.25) is 0 Å². The van der Waals surface area contributed by atoms with Crippen LogP contribution in [0.25, 0.3) is 0 Å². The Hall–Kier alpha value is -1.01. The first kappa shape index (κ1) is 11.5. The van der Waals surface area contributed by atoms with Crippen LogP contribution in [0.3, 0.4) is 0 Å². The second kappa shape index (κ2) is 5.36. The van der Waals surface area contributed by atoms with Crippen molar-refractivity contribution in [3.8, 4) is 5.88 Å². The molecule has 1 aliphatic rings. The minimum absolute atomic E-state index is 0.120. The lowest BCUT2D eigenvalue weighted by atomic mass is 10.3. The number of nitrogens with one attached hydrogen (secondary N) is 1. The van der Waals surface area contributed by atoms with Crippen LogP contribution < -0.4 is 10.1 Å². The number of anilines is 1. The molecule has 5 nitrogen and oxygen atoms in total. The summed E-state index contributed by atoms with van der Waals surface area (Å²) in [6.07, 6.45) is 2.99. The third-order valence-corrected chi connectivity index (χ3v) is 2.84. The molecule has 0 amide bonds. The molecular weight excluding hydrogens is 226 g/mol. The van der Waals surface area contributed by atoms with Crippen molar-refractivity contribution in [1.29, 1.82) is 0 Å². The molecule has 1 aliphatic heterocycles. The van der Waals surface area contributed by atoms with Gasteiger partial charge in [0.2, 0.25) is 5.88 Å². The van der Waals surface area contributed by atoms with Crippen molar-refractivity contribution < 1.29 is 9.47 Å². The molecule has 2 heterocycles. The maximum atomic E-state index is 5.73. The topological polar surface area (TPSA) is 56.3 Å². The summed E-state index contributed by atoms with van der Waals surface area (Å²) in [5.41, 5.74) is 0. The molecule has 1 aromatic rings. The molecule has 0 saturated carbocycles. The van der Waals surface area contributed by atoms with Crippen LogP contribution in [0, 0.1) is 0 Å². The second-order valence-electron chi connectivity index (χ2n) is 3.43. The first-order valence-corrected chi connectivity index (χ1v) is 6.39. The molecule has 0 aromatic carbocycles. The van der Waals surface area contributed by atoms with Crippen molar-refractivity contribution in [3.63, 3.8) is 0 Å². The van der Waals surface area contributed by atoms with Gasteiger partial charge in [0.25, 0.3) is 0 Å². The lowest BCUT2D eigenvalue weighted by molar-refractivity contribution is 0.137. The van der Waals surface area contributed by atoms with Gasteiger partial charge in [-0.1, -0.05) is 11.8 Å². The number of rotatable bonds is 4. The Morgan fingerprint density at radius 2 is 2.44 bits per heavy atom. The summed E-state index contributed by atoms with van der Waals surface area (Å²) in [4.78, 5) is 8.57. The minimum atomic E-state index is 0.120. The quantitative estimate of drug-likeness (QED) is 0.635. The predicted octanol–water partition coefficient (Wildman–Crippen LogP) is 1.41. The molecule has 2 rings (SSSR count). The summed E-state index contributed by atoms with van der Waals surface area (Å²) in [6, 6.07) is 1.80. The predicted molar refractivity (Wildman–Crippen MR) is 63.2 cm³/mol. The van der Waals surface area contributed by atoms with Gasteiger partial charge in [-0.05, 0) is 6.26 Å². The Labute approximate surface area is 99.0 Å². The Morgan fingerprint density at radius 3 is 3.06 bits per heavy atom. The first-order valence-electron chi connectivity index (χ1n) is 5.17. The Kier molecular flexibility index (Phi) is 3.84. The van der Waals surface area contributed by atoms with E-state index in [4.69, 9.17) is 9.47 Å². The number of hydrogen-bond donors (Lipinski definition) is 1. The van der Waals surface area contributed by atoms with Crippen LogP contribution >= 0.6 is 11.8 Å². The zero-order chi connectivity index (χ0) is 11.4. The van der Waals surface area contributed by atoms with E-state index in [1.54, 1.807) is 6.07 Å². The van der Waals surface area contributed by atoms with E-state index in [9.17, 15) is 0 Å². The highest BCUT2D eigenvalue weighted by Crippen LogP contribution is 2.21.